The second-order valence-corrected chi connectivity index (χ2v) is 11.9. The zero-order valence-electron chi connectivity index (χ0n) is 25.9. The second-order valence-electron chi connectivity index (χ2n) is 11.9. The summed E-state index contributed by atoms with van der Waals surface area (Å²) >= 11 is 0. The number of carbonyl (C=O) groups is 1. The lowest BCUT2D eigenvalue weighted by atomic mass is 9.94. The Balaban J connectivity index is 1.62. The first kappa shape index (κ1) is 35.3. The van der Waals surface area contributed by atoms with Gasteiger partial charge in [0.2, 0.25) is 0 Å². The topological polar surface area (TPSA) is 174 Å². The summed E-state index contributed by atoms with van der Waals surface area (Å²) in [5.74, 6) is 1.42. The van der Waals surface area contributed by atoms with Crippen LogP contribution in [0.3, 0.4) is 0 Å². The minimum absolute atomic E-state index is 0.0131. The van der Waals surface area contributed by atoms with E-state index >= 15 is 0 Å². The highest BCUT2D eigenvalue weighted by Crippen LogP contribution is 2.23. The number of imidazole rings is 1. The van der Waals surface area contributed by atoms with E-state index in [0.717, 1.165) is 42.8 Å². The van der Waals surface area contributed by atoms with Crippen molar-refractivity contribution in [3.05, 3.63) is 29.6 Å². The van der Waals surface area contributed by atoms with Gasteiger partial charge >= 0.3 is 0 Å². The van der Waals surface area contributed by atoms with Crippen molar-refractivity contribution in [1.82, 2.24) is 14.4 Å². The summed E-state index contributed by atoms with van der Waals surface area (Å²) in [6.07, 6.45) is -3.66. The molecule has 1 aliphatic rings. The van der Waals surface area contributed by atoms with Gasteiger partial charge < -0.3 is 45.5 Å². The number of benzene rings is 1. The Hall–Kier alpha value is -2.16. The van der Waals surface area contributed by atoms with E-state index in [-0.39, 0.29) is 25.0 Å². The number of nitrogens with zero attached hydrogens (tertiary/aromatic N) is 4. The molecule has 0 saturated carbocycles. The Bertz CT molecular complexity index is 1150. The molecule has 1 aliphatic heterocycles. The first-order valence-electron chi connectivity index (χ1n) is 15.7. The molecule has 43 heavy (non-hydrogen) atoms. The number of hydrogen-bond donors (Lipinski definition) is 7. The molecule has 12 nitrogen and oxygen atoms in total. The van der Waals surface area contributed by atoms with Crippen LogP contribution in [0.25, 0.3) is 11.0 Å². The lowest BCUT2D eigenvalue weighted by Gasteiger charge is -2.36. The van der Waals surface area contributed by atoms with Crippen molar-refractivity contribution >= 4 is 16.9 Å². The summed E-state index contributed by atoms with van der Waals surface area (Å²) < 4.78 is 4.49. The molecule has 0 bridgehead atoms. The molecule has 1 fully saturated rings. The van der Waals surface area contributed by atoms with Gasteiger partial charge in [0.15, 0.2) is 11.0 Å². The number of rotatable bonds is 17. The average Bonchev–Trinajstić information content (AvgIpc) is 3.30. The third-order valence-corrected chi connectivity index (χ3v) is 8.88. The molecule has 1 saturated heterocycles. The fourth-order valence-electron chi connectivity index (χ4n) is 6.26. The van der Waals surface area contributed by atoms with E-state index in [1.807, 2.05) is 28.0 Å². The van der Waals surface area contributed by atoms with Gasteiger partial charge in [0.05, 0.1) is 38.5 Å². The van der Waals surface area contributed by atoms with Crippen LogP contribution in [-0.4, -0.2) is 132 Å². The number of amides is 1. The van der Waals surface area contributed by atoms with Crippen molar-refractivity contribution < 1.29 is 45.1 Å². The standard InChI is InChI=1S/C31H53N4O8/c1-4-34-21(3)35(5-2)26-16-23(9-10-25(26)34)31(43)33-14-11-22(12-15-33)17-32(13-7-6-8-24(38)19-36)18-27(39)29(41)30(42)28(40)20-37/h9-10,16,22,24,27-30,36-42H,4-8,11-15,17-20H2,1-3H3/q+1. The number of likely N-dealkylation sites (tertiary alicyclic amines) is 1. The van der Waals surface area contributed by atoms with E-state index in [4.69, 9.17) is 10.2 Å². The maximum Gasteiger partial charge on any atom is 0.254 e. The fourth-order valence-corrected chi connectivity index (χ4v) is 6.26. The summed E-state index contributed by atoms with van der Waals surface area (Å²) in [7, 11) is 0. The van der Waals surface area contributed by atoms with Gasteiger partial charge in [-0.15, -0.1) is 0 Å². The average molecular weight is 610 g/mol. The van der Waals surface area contributed by atoms with Crippen molar-refractivity contribution in [2.24, 2.45) is 5.92 Å². The normalized spacial score (nSPS) is 18.3. The van der Waals surface area contributed by atoms with Gasteiger partial charge in [-0.05, 0) is 70.5 Å². The Morgan fingerprint density at radius 3 is 2.28 bits per heavy atom. The molecule has 1 aromatic heterocycles. The van der Waals surface area contributed by atoms with Gasteiger partial charge in [-0.25, -0.2) is 9.13 Å². The smallest absolute Gasteiger partial charge is 0.254 e. The molecular formula is C31H53N4O8+. The van der Waals surface area contributed by atoms with Crippen LogP contribution in [0.5, 0.6) is 0 Å². The van der Waals surface area contributed by atoms with E-state index in [1.54, 1.807) is 0 Å². The van der Waals surface area contributed by atoms with Crippen LogP contribution in [0.15, 0.2) is 18.2 Å². The number of aromatic nitrogens is 2. The Kier molecular flexibility index (Phi) is 13.8. The molecule has 5 atom stereocenters. The van der Waals surface area contributed by atoms with Gasteiger partial charge in [-0.2, -0.15) is 0 Å². The Morgan fingerprint density at radius 1 is 1.00 bits per heavy atom. The largest absolute Gasteiger partial charge is 0.394 e. The molecule has 3 rings (SSSR count). The number of unbranched alkanes of at least 4 members (excludes halogenated alkanes) is 1. The summed E-state index contributed by atoms with van der Waals surface area (Å²) in [4.78, 5) is 17.4. The molecule has 244 valence electrons. The molecule has 0 spiro atoms. The predicted molar refractivity (Wildman–Crippen MR) is 161 cm³/mol. The van der Waals surface area contributed by atoms with Gasteiger partial charge in [0.1, 0.15) is 18.3 Å². The number of hydrogen-bond acceptors (Lipinski definition) is 9. The number of piperidine rings is 1. The lowest BCUT2D eigenvalue weighted by Crippen LogP contribution is -2.50. The molecule has 1 aromatic carbocycles. The van der Waals surface area contributed by atoms with Gasteiger partial charge in [0, 0.05) is 44.7 Å². The van der Waals surface area contributed by atoms with E-state index in [1.165, 1.54) is 0 Å². The molecule has 2 aromatic rings. The highest BCUT2D eigenvalue weighted by atomic mass is 16.4. The van der Waals surface area contributed by atoms with Crippen molar-refractivity contribution in [2.45, 2.75) is 96.5 Å². The van der Waals surface area contributed by atoms with E-state index < -0.39 is 37.1 Å². The predicted octanol–water partition coefficient (Wildman–Crippen LogP) is -0.609. The number of aliphatic hydroxyl groups excluding tert-OH is 7. The second kappa shape index (κ2) is 16.8. The summed E-state index contributed by atoms with van der Waals surface area (Å²) in [6.45, 7) is 9.40. The van der Waals surface area contributed by atoms with Crippen LogP contribution >= 0.6 is 0 Å². The molecule has 5 unspecified atom stereocenters. The Morgan fingerprint density at radius 2 is 1.67 bits per heavy atom. The zero-order valence-corrected chi connectivity index (χ0v) is 25.9. The molecule has 0 radical (unpaired) electrons. The SMILES string of the molecule is CCn1c(C)[n+](CC)c2ccc(C(=O)N3CCC(CN(CCCCC(O)CO)CC(O)C(O)C(O)C(O)CO)CC3)cc21. The van der Waals surface area contributed by atoms with Crippen LogP contribution < -0.4 is 4.57 Å². The number of fused-ring (bicyclic) bond motifs is 1. The minimum Gasteiger partial charge on any atom is -0.394 e. The zero-order chi connectivity index (χ0) is 31.7. The highest BCUT2D eigenvalue weighted by Gasteiger charge is 2.32. The quantitative estimate of drug-likeness (QED) is 0.0912. The van der Waals surface area contributed by atoms with Gasteiger partial charge in [0.25, 0.3) is 11.7 Å². The van der Waals surface area contributed by atoms with Gasteiger partial charge in [-0.1, -0.05) is 0 Å². The van der Waals surface area contributed by atoms with E-state index in [0.29, 0.717) is 51.0 Å². The van der Waals surface area contributed by atoms with Crippen LogP contribution in [0.4, 0.5) is 0 Å². The highest BCUT2D eigenvalue weighted by molar-refractivity contribution is 5.97. The van der Waals surface area contributed by atoms with Crippen LogP contribution in [0.1, 0.15) is 62.1 Å². The number of carbonyl (C=O) groups excluding carboxylic acids is 1. The van der Waals surface area contributed by atoms with Crippen LogP contribution in [0.2, 0.25) is 0 Å². The van der Waals surface area contributed by atoms with Crippen LogP contribution in [0, 0.1) is 12.8 Å². The van der Waals surface area contributed by atoms with E-state index in [9.17, 15) is 30.3 Å². The molecule has 7 N–H and O–H groups in total. The first-order chi connectivity index (χ1) is 20.6. The fraction of sp³-hybridized carbons (Fsp3) is 0.742. The summed E-state index contributed by atoms with van der Waals surface area (Å²) in [5, 5.41) is 68.5. The first-order valence-corrected chi connectivity index (χ1v) is 15.7. The maximum absolute atomic E-state index is 13.5. The third-order valence-electron chi connectivity index (χ3n) is 8.88. The van der Waals surface area contributed by atoms with Crippen LogP contribution in [-0.2, 0) is 13.1 Å². The third kappa shape index (κ3) is 8.95. The van der Waals surface area contributed by atoms with Gasteiger partial charge in [-0.3, -0.25) is 4.79 Å². The lowest BCUT2D eigenvalue weighted by molar-refractivity contribution is -0.674. The van der Waals surface area contributed by atoms with Crippen molar-refractivity contribution in [3.63, 3.8) is 0 Å². The number of aliphatic hydroxyl groups is 7. The Labute approximate surface area is 254 Å². The molecule has 2 heterocycles. The molecule has 1 amide bonds. The monoisotopic (exact) mass is 609 g/mol. The summed E-state index contributed by atoms with van der Waals surface area (Å²) in [6, 6.07) is 5.94. The van der Waals surface area contributed by atoms with Crippen molar-refractivity contribution in [3.8, 4) is 0 Å². The summed E-state index contributed by atoms with van der Waals surface area (Å²) in [5.41, 5.74) is 2.85. The minimum atomic E-state index is -1.69. The molecule has 0 aliphatic carbocycles. The van der Waals surface area contributed by atoms with Crippen molar-refractivity contribution in [1.29, 1.82) is 0 Å². The molecular weight excluding hydrogens is 556 g/mol. The maximum atomic E-state index is 13.5. The number of aryl methyl sites for hydroxylation is 2. The van der Waals surface area contributed by atoms with Crippen molar-refractivity contribution in [2.75, 3.05) is 45.9 Å². The van der Waals surface area contributed by atoms with E-state index in [2.05, 4.69) is 29.9 Å². The molecule has 12 heteroatoms.